The van der Waals surface area contributed by atoms with Crippen molar-refractivity contribution in [2.45, 2.75) is 13.3 Å². The molecule has 0 bridgehead atoms. The van der Waals surface area contributed by atoms with Gasteiger partial charge >= 0.3 is 11.8 Å². The van der Waals surface area contributed by atoms with E-state index < -0.39 is 5.97 Å². The number of carbonyl (C=O) groups excluding carboxylic acids is 2. The van der Waals surface area contributed by atoms with Crippen molar-refractivity contribution in [1.29, 1.82) is 0 Å². The van der Waals surface area contributed by atoms with Crippen LogP contribution in [0.25, 0.3) is 0 Å². The van der Waals surface area contributed by atoms with E-state index in [-0.39, 0.29) is 5.78 Å². The molecule has 0 unspecified atom stereocenters. The second-order valence-corrected chi connectivity index (χ2v) is 3.28. The average Bonchev–Trinajstić information content (AvgIpc) is 2.26. The van der Waals surface area contributed by atoms with Crippen molar-refractivity contribution in [1.82, 2.24) is 0 Å². The molecule has 0 fully saturated rings. The SMILES string of the molecule is CCC[O+]=C1[CH]c2ccccc2OC1=O. The molecule has 1 aromatic carbocycles. The van der Waals surface area contributed by atoms with Crippen molar-refractivity contribution >= 4 is 11.8 Å². The molecule has 77 valence electrons. The Kier molecular flexibility index (Phi) is 2.81. The molecule has 0 N–H and O–H groups in total. The smallest absolute Gasteiger partial charge is 0.416 e. The summed E-state index contributed by atoms with van der Waals surface area (Å²) in [6.07, 6.45) is 2.59. The predicted octanol–water partition coefficient (Wildman–Crippen LogP) is 1.67. The Bertz CT molecular complexity index is 407. The lowest BCUT2D eigenvalue weighted by Crippen LogP contribution is -2.28. The third-order valence-corrected chi connectivity index (χ3v) is 2.07. The van der Waals surface area contributed by atoms with Crippen LogP contribution in [0.4, 0.5) is 0 Å². The van der Waals surface area contributed by atoms with Crippen molar-refractivity contribution in [3.05, 3.63) is 36.2 Å². The molecule has 0 saturated carbocycles. The summed E-state index contributed by atoms with van der Waals surface area (Å²) >= 11 is 0. The number of carbonyl (C=O) groups is 1. The van der Waals surface area contributed by atoms with E-state index in [4.69, 9.17) is 9.16 Å². The summed E-state index contributed by atoms with van der Waals surface area (Å²) < 4.78 is 10.4. The number of hydrogen-bond acceptors (Lipinski definition) is 2. The second kappa shape index (κ2) is 4.26. The zero-order valence-corrected chi connectivity index (χ0v) is 8.53. The lowest BCUT2D eigenvalue weighted by molar-refractivity contribution is -0.456. The van der Waals surface area contributed by atoms with Gasteiger partial charge in [0, 0.05) is 12.0 Å². The van der Waals surface area contributed by atoms with Crippen molar-refractivity contribution in [3.8, 4) is 5.75 Å². The molecule has 1 aliphatic rings. The maximum atomic E-state index is 11.4. The molecule has 0 aromatic heterocycles. The van der Waals surface area contributed by atoms with Crippen LogP contribution >= 0.6 is 0 Å². The van der Waals surface area contributed by atoms with E-state index in [0.29, 0.717) is 12.4 Å². The van der Waals surface area contributed by atoms with Crippen LogP contribution in [0.1, 0.15) is 18.9 Å². The highest BCUT2D eigenvalue weighted by Gasteiger charge is 2.33. The molecule has 3 heteroatoms. The summed E-state index contributed by atoms with van der Waals surface area (Å²) in [6.45, 7) is 2.52. The molecule has 0 aliphatic carbocycles. The van der Waals surface area contributed by atoms with Gasteiger partial charge in [0.25, 0.3) is 6.61 Å². The highest BCUT2D eigenvalue weighted by molar-refractivity contribution is 6.39. The van der Waals surface area contributed by atoms with E-state index in [1.165, 1.54) is 0 Å². The molecule has 0 spiro atoms. The number of ketones is 1. The number of esters is 1. The van der Waals surface area contributed by atoms with Gasteiger partial charge in [-0.3, -0.25) is 4.42 Å². The largest absolute Gasteiger partial charge is 0.437 e. The summed E-state index contributed by atoms with van der Waals surface area (Å²) in [4.78, 5) is 11.4. The van der Waals surface area contributed by atoms with E-state index in [1.54, 1.807) is 12.5 Å². The first-order valence-electron chi connectivity index (χ1n) is 4.97. The molecule has 1 aliphatic heterocycles. The summed E-state index contributed by atoms with van der Waals surface area (Å²) in [5.74, 6) is 0.462. The Morgan fingerprint density at radius 1 is 1.33 bits per heavy atom. The van der Waals surface area contributed by atoms with Crippen LogP contribution < -0.4 is 4.74 Å². The Morgan fingerprint density at radius 3 is 2.93 bits per heavy atom. The zero-order chi connectivity index (χ0) is 10.7. The molecule has 1 heterocycles. The number of benzene rings is 1. The minimum Gasteiger partial charge on any atom is -0.416 e. The third kappa shape index (κ3) is 2.06. The normalized spacial score (nSPS) is 17.4. The van der Waals surface area contributed by atoms with Gasteiger partial charge in [0.1, 0.15) is 12.2 Å². The summed E-state index contributed by atoms with van der Waals surface area (Å²) in [5, 5.41) is 0. The quantitative estimate of drug-likeness (QED) is 0.318. The van der Waals surface area contributed by atoms with Crippen LogP contribution in [-0.2, 0) is 9.22 Å². The molecule has 1 radical (unpaired) electrons. The van der Waals surface area contributed by atoms with Gasteiger partial charge in [0.05, 0.1) is 0 Å². The van der Waals surface area contributed by atoms with Crippen LogP contribution in [-0.4, -0.2) is 18.4 Å². The van der Waals surface area contributed by atoms with E-state index in [9.17, 15) is 4.79 Å². The molecule has 2 rings (SSSR count). The van der Waals surface area contributed by atoms with E-state index in [1.807, 2.05) is 25.1 Å². The Morgan fingerprint density at radius 2 is 2.13 bits per heavy atom. The fourth-order valence-corrected chi connectivity index (χ4v) is 1.36. The monoisotopic (exact) mass is 204 g/mol. The van der Waals surface area contributed by atoms with Crippen LogP contribution in [0.2, 0.25) is 0 Å². The van der Waals surface area contributed by atoms with E-state index in [0.717, 1.165) is 12.0 Å². The van der Waals surface area contributed by atoms with Crippen molar-refractivity contribution < 1.29 is 14.0 Å². The summed E-state index contributed by atoms with van der Waals surface area (Å²) in [6, 6.07) is 7.38. The minimum absolute atomic E-state index is 0.288. The highest BCUT2D eigenvalue weighted by Crippen LogP contribution is 2.24. The van der Waals surface area contributed by atoms with Gasteiger partial charge in [-0.1, -0.05) is 25.1 Å². The lowest BCUT2D eigenvalue weighted by Gasteiger charge is -2.10. The molecule has 3 nitrogen and oxygen atoms in total. The van der Waals surface area contributed by atoms with Crippen LogP contribution in [0.3, 0.4) is 0 Å². The number of hydrogen-bond donors (Lipinski definition) is 0. The molecule has 0 amide bonds. The van der Waals surface area contributed by atoms with Crippen LogP contribution in [0.5, 0.6) is 5.75 Å². The van der Waals surface area contributed by atoms with Crippen molar-refractivity contribution in [3.63, 3.8) is 0 Å². The third-order valence-electron chi connectivity index (χ3n) is 2.07. The summed E-state index contributed by atoms with van der Waals surface area (Å²) in [5.41, 5.74) is 0.878. The van der Waals surface area contributed by atoms with Gasteiger partial charge in [-0.05, 0) is 6.07 Å². The molecule has 0 saturated heterocycles. The lowest BCUT2D eigenvalue weighted by atomic mass is 10.1. The minimum atomic E-state index is -0.415. The van der Waals surface area contributed by atoms with Gasteiger partial charge in [-0.25, -0.2) is 4.79 Å². The van der Waals surface area contributed by atoms with Gasteiger partial charge in [-0.2, -0.15) is 0 Å². The number of para-hydroxylation sites is 1. The maximum absolute atomic E-state index is 11.4. The predicted molar refractivity (Wildman–Crippen MR) is 55.6 cm³/mol. The summed E-state index contributed by atoms with van der Waals surface area (Å²) in [7, 11) is 0. The van der Waals surface area contributed by atoms with Gasteiger partial charge in [0.2, 0.25) is 0 Å². The zero-order valence-electron chi connectivity index (χ0n) is 8.53. The first-order chi connectivity index (χ1) is 7.31. The maximum Gasteiger partial charge on any atom is 0.437 e. The van der Waals surface area contributed by atoms with Crippen LogP contribution in [0.15, 0.2) is 24.3 Å². The topological polar surface area (TPSA) is 37.6 Å². The first kappa shape index (κ1) is 9.90. The van der Waals surface area contributed by atoms with Gasteiger partial charge < -0.3 is 4.74 Å². The average molecular weight is 204 g/mol. The number of ether oxygens (including phenoxy) is 1. The van der Waals surface area contributed by atoms with Crippen LogP contribution in [0, 0.1) is 6.42 Å². The Hall–Kier alpha value is -1.64. The number of fused-ring (bicyclic) bond motifs is 1. The van der Waals surface area contributed by atoms with E-state index >= 15 is 0 Å². The van der Waals surface area contributed by atoms with Gasteiger partial charge in [0.15, 0.2) is 0 Å². The van der Waals surface area contributed by atoms with Crippen molar-refractivity contribution in [2.75, 3.05) is 6.61 Å². The molecule has 1 aromatic rings. The Balaban J connectivity index is 2.26. The van der Waals surface area contributed by atoms with E-state index in [2.05, 4.69) is 0 Å². The Labute approximate surface area is 88.4 Å². The fraction of sp³-hybridized carbons (Fsp3) is 0.250. The highest BCUT2D eigenvalue weighted by atomic mass is 16.5. The molecular formula is C12H12O3+. The molecule has 0 atom stereocenters. The van der Waals surface area contributed by atoms with Gasteiger partial charge in [-0.15, -0.1) is 0 Å². The first-order valence-corrected chi connectivity index (χ1v) is 4.97. The number of rotatable bonds is 2. The molecule has 15 heavy (non-hydrogen) atoms. The second-order valence-electron chi connectivity index (χ2n) is 3.28. The van der Waals surface area contributed by atoms with Crippen molar-refractivity contribution in [2.24, 2.45) is 0 Å². The standard InChI is InChI=1S/C12H12O3/c1-2-7-14-11-8-9-5-3-4-6-10(9)15-12(11)13/h3-6,8H,2,7H2,1H3/q+1. The molecular weight excluding hydrogens is 192 g/mol. The fourth-order valence-electron chi connectivity index (χ4n) is 1.36.